The van der Waals surface area contributed by atoms with Crippen molar-refractivity contribution in [1.82, 2.24) is 4.98 Å². The van der Waals surface area contributed by atoms with Gasteiger partial charge in [0.05, 0.1) is 12.3 Å². The molecular weight excluding hydrogens is 277 g/mol. The molecule has 0 spiro atoms. The number of aryl methyl sites for hydroxylation is 1. The molecule has 10 heteroatoms. The summed E-state index contributed by atoms with van der Waals surface area (Å²) >= 11 is 0. The number of nitrogens with two attached hydrogens (primary N) is 2. The Hall–Kier alpha value is -1.51. The minimum atomic E-state index is -4.70. The second-order valence-electron chi connectivity index (χ2n) is 3.78. The lowest BCUT2D eigenvalue weighted by atomic mass is 10.0. The first-order valence-corrected chi connectivity index (χ1v) is 6.59. The number of rotatable bonds is 5. The van der Waals surface area contributed by atoms with Crippen molar-refractivity contribution in [2.24, 2.45) is 11.5 Å². The Morgan fingerprint density at radius 2 is 2.16 bits per heavy atom. The van der Waals surface area contributed by atoms with Gasteiger partial charge in [-0.1, -0.05) is 0 Å². The molecule has 0 bridgehead atoms. The lowest BCUT2D eigenvalue weighted by Crippen LogP contribution is -2.29. The summed E-state index contributed by atoms with van der Waals surface area (Å²) in [5, 5.41) is 9.83. The molecule has 0 aromatic carbocycles. The Balaban J connectivity index is 3.20. The van der Waals surface area contributed by atoms with E-state index in [-0.39, 0.29) is 22.6 Å². The molecule has 1 heterocycles. The molecule has 1 aromatic rings. The van der Waals surface area contributed by atoms with E-state index in [0.717, 1.165) is 0 Å². The zero-order chi connectivity index (χ0) is 14.8. The summed E-state index contributed by atoms with van der Waals surface area (Å²) < 4.78 is 14.9. The molecule has 0 aliphatic carbocycles. The van der Waals surface area contributed by atoms with Crippen LogP contribution < -0.4 is 11.5 Å². The van der Waals surface area contributed by atoms with Gasteiger partial charge in [-0.2, -0.15) is 0 Å². The van der Waals surface area contributed by atoms with Gasteiger partial charge in [-0.25, -0.2) is 4.57 Å². The highest BCUT2D eigenvalue weighted by molar-refractivity contribution is 7.46. The first-order valence-electron chi connectivity index (χ1n) is 5.05. The molecular formula is C9H14N3O6P. The van der Waals surface area contributed by atoms with Gasteiger partial charge in [-0.3, -0.25) is 14.3 Å². The van der Waals surface area contributed by atoms with Crippen molar-refractivity contribution in [3.63, 3.8) is 0 Å². The fourth-order valence-corrected chi connectivity index (χ4v) is 1.72. The number of amides is 1. The van der Waals surface area contributed by atoms with Crippen LogP contribution in [-0.2, 0) is 20.5 Å². The van der Waals surface area contributed by atoms with Gasteiger partial charge >= 0.3 is 7.82 Å². The monoisotopic (exact) mass is 291 g/mol. The Bertz CT molecular complexity index is 543. The van der Waals surface area contributed by atoms with Crippen LogP contribution in [0.3, 0.4) is 0 Å². The van der Waals surface area contributed by atoms with E-state index in [1.165, 1.54) is 13.1 Å². The highest BCUT2D eigenvalue weighted by Gasteiger charge is 2.24. The predicted molar refractivity (Wildman–Crippen MR) is 63.6 cm³/mol. The smallest absolute Gasteiger partial charge is 0.469 e. The SMILES string of the molecule is Cc1ncc(COP(=O)(O)O)c(C(N)C(N)=O)c1O. The third-order valence-corrected chi connectivity index (χ3v) is 2.83. The Morgan fingerprint density at radius 1 is 1.58 bits per heavy atom. The third-order valence-electron chi connectivity index (χ3n) is 2.36. The van der Waals surface area contributed by atoms with E-state index in [9.17, 15) is 14.5 Å². The summed E-state index contributed by atoms with van der Waals surface area (Å²) in [6, 6.07) is -1.34. The number of phosphoric ester groups is 1. The quantitative estimate of drug-likeness (QED) is 0.438. The second kappa shape index (κ2) is 5.64. The van der Waals surface area contributed by atoms with Crippen LogP contribution in [0.15, 0.2) is 6.20 Å². The minimum absolute atomic E-state index is 0.0616. The Labute approximate surface area is 108 Å². The van der Waals surface area contributed by atoms with Gasteiger partial charge in [-0.15, -0.1) is 0 Å². The third kappa shape index (κ3) is 3.98. The fourth-order valence-electron chi connectivity index (χ4n) is 1.41. The molecule has 106 valence electrons. The molecule has 0 radical (unpaired) electrons. The fraction of sp³-hybridized carbons (Fsp3) is 0.333. The maximum Gasteiger partial charge on any atom is 0.469 e. The first kappa shape index (κ1) is 15.5. The highest BCUT2D eigenvalue weighted by Crippen LogP contribution is 2.38. The number of carbonyl (C=O) groups excluding carboxylic acids is 1. The Morgan fingerprint density at radius 3 is 2.63 bits per heavy atom. The second-order valence-corrected chi connectivity index (χ2v) is 5.01. The van der Waals surface area contributed by atoms with E-state index >= 15 is 0 Å². The van der Waals surface area contributed by atoms with E-state index in [4.69, 9.17) is 21.3 Å². The molecule has 1 rings (SSSR count). The summed E-state index contributed by atoms with van der Waals surface area (Å²) in [6.07, 6.45) is 1.20. The lowest BCUT2D eigenvalue weighted by Gasteiger charge is -2.16. The highest BCUT2D eigenvalue weighted by atomic mass is 31.2. The zero-order valence-electron chi connectivity index (χ0n) is 9.98. The summed E-state index contributed by atoms with van der Waals surface area (Å²) in [6.45, 7) is 0.904. The average Bonchev–Trinajstić information content (AvgIpc) is 2.28. The van der Waals surface area contributed by atoms with Gasteiger partial charge in [0.25, 0.3) is 0 Å². The van der Waals surface area contributed by atoms with Crippen molar-refractivity contribution in [1.29, 1.82) is 0 Å². The van der Waals surface area contributed by atoms with E-state index in [1.807, 2.05) is 0 Å². The number of nitrogens with zero attached hydrogens (tertiary/aromatic N) is 1. The van der Waals surface area contributed by atoms with E-state index in [1.54, 1.807) is 0 Å². The topological polar surface area (TPSA) is 169 Å². The predicted octanol–water partition coefficient (Wildman–Crippen LogP) is -0.810. The number of hydrogen-bond acceptors (Lipinski definition) is 6. The summed E-state index contributed by atoms with van der Waals surface area (Å²) in [7, 11) is -4.70. The molecule has 0 saturated heterocycles. The van der Waals surface area contributed by atoms with E-state index in [2.05, 4.69) is 9.51 Å². The van der Waals surface area contributed by atoms with E-state index in [0.29, 0.717) is 0 Å². The number of phosphoric acid groups is 1. The molecule has 0 aliphatic rings. The van der Waals surface area contributed by atoms with Crippen molar-refractivity contribution >= 4 is 13.7 Å². The number of primary amides is 1. The molecule has 9 nitrogen and oxygen atoms in total. The van der Waals surface area contributed by atoms with Crippen LogP contribution in [0.4, 0.5) is 0 Å². The van der Waals surface area contributed by atoms with Crippen molar-refractivity contribution in [2.75, 3.05) is 0 Å². The van der Waals surface area contributed by atoms with Gasteiger partial charge in [-0.05, 0) is 6.92 Å². The average molecular weight is 291 g/mol. The zero-order valence-corrected chi connectivity index (χ0v) is 10.9. The molecule has 1 aromatic heterocycles. The maximum atomic E-state index is 11.1. The Kier molecular flexibility index (Phi) is 4.61. The van der Waals surface area contributed by atoms with Crippen LogP contribution in [0.5, 0.6) is 5.75 Å². The van der Waals surface area contributed by atoms with Gasteiger partial charge in [0.2, 0.25) is 5.91 Å². The summed E-state index contributed by atoms with van der Waals surface area (Å²) in [5.41, 5.74) is 10.8. The molecule has 7 N–H and O–H groups in total. The largest absolute Gasteiger partial charge is 0.506 e. The molecule has 0 fully saturated rings. The number of pyridine rings is 1. The van der Waals surface area contributed by atoms with Crippen LogP contribution >= 0.6 is 7.82 Å². The minimum Gasteiger partial charge on any atom is -0.506 e. The number of aromatic nitrogens is 1. The van der Waals surface area contributed by atoms with Crippen molar-refractivity contribution < 1.29 is 28.8 Å². The van der Waals surface area contributed by atoms with Crippen molar-refractivity contribution in [2.45, 2.75) is 19.6 Å². The van der Waals surface area contributed by atoms with Gasteiger partial charge in [0, 0.05) is 17.3 Å². The van der Waals surface area contributed by atoms with Crippen molar-refractivity contribution in [3.05, 3.63) is 23.0 Å². The van der Waals surface area contributed by atoms with Gasteiger partial charge < -0.3 is 26.4 Å². The lowest BCUT2D eigenvalue weighted by molar-refractivity contribution is -0.119. The number of carbonyl (C=O) groups is 1. The molecule has 1 atom stereocenters. The van der Waals surface area contributed by atoms with Crippen LogP contribution in [0.1, 0.15) is 22.9 Å². The van der Waals surface area contributed by atoms with E-state index < -0.39 is 26.4 Å². The first-order chi connectivity index (χ1) is 8.63. The molecule has 1 unspecified atom stereocenters. The van der Waals surface area contributed by atoms with Crippen LogP contribution in [-0.4, -0.2) is 25.8 Å². The molecule has 1 amide bonds. The normalized spacial score (nSPS) is 13.3. The molecule has 19 heavy (non-hydrogen) atoms. The van der Waals surface area contributed by atoms with Gasteiger partial charge in [0.15, 0.2) is 0 Å². The summed E-state index contributed by atoms with van der Waals surface area (Å²) in [4.78, 5) is 32.1. The summed E-state index contributed by atoms with van der Waals surface area (Å²) in [5.74, 6) is -1.27. The number of aromatic hydroxyl groups is 1. The molecule has 0 aliphatic heterocycles. The standard InChI is InChI=1S/C9H14N3O6P/c1-4-8(13)6(7(10)9(11)14)5(2-12-4)3-18-19(15,16)17/h2,7,13H,3,10H2,1H3,(H2,11,14)(H2,15,16,17). The number of hydrogen-bond donors (Lipinski definition) is 5. The van der Waals surface area contributed by atoms with Gasteiger partial charge in [0.1, 0.15) is 11.8 Å². The molecule has 0 saturated carbocycles. The van der Waals surface area contributed by atoms with Crippen LogP contribution in [0.25, 0.3) is 0 Å². The van der Waals surface area contributed by atoms with Crippen molar-refractivity contribution in [3.8, 4) is 5.75 Å². The van der Waals surface area contributed by atoms with Crippen LogP contribution in [0, 0.1) is 6.92 Å². The van der Waals surface area contributed by atoms with Crippen LogP contribution in [0.2, 0.25) is 0 Å². The maximum absolute atomic E-state index is 11.1.